The van der Waals surface area contributed by atoms with Gasteiger partial charge in [0.2, 0.25) is 0 Å². The quantitative estimate of drug-likeness (QED) is 0.398. The molecule has 3 atom stereocenters. The minimum atomic E-state index is -3.40. The van der Waals surface area contributed by atoms with E-state index < -0.39 is 16.0 Å². The molecule has 1 N–H and O–H groups in total. The number of rotatable bonds is 10. The van der Waals surface area contributed by atoms with Gasteiger partial charge in [-0.3, -0.25) is 4.79 Å². The lowest BCUT2D eigenvalue weighted by Crippen LogP contribution is -2.63. The van der Waals surface area contributed by atoms with Crippen LogP contribution in [0.1, 0.15) is 70.2 Å². The van der Waals surface area contributed by atoms with Crippen LogP contribution in [0.4, 0.5) is 10.2 Å². The maximum absolute atomic E-state index is 14.4. The molecule has 5 fully saturated rings. The number of hydrogen-bond acceptors (Lipinski definition) is 9. The first kappa shape index (κ1) is 34.5. The Morgan fingerprint density at radius 1 is 1.00 bits per heavy atom. The number of halogens is 1. The van der Waals surface area contributed by atoms with Gasteiger partial charge in [0.1, 0.15) is 17.9 Å². The molecule has 5 saturated heterocycles. The van der Waals surface area contributed by atoms with E-state index in [9.17, 15) is 17.6 Å². The second-order valence-electron chi connectivity index (χ2n) is 15.5. The van der Waals surface area contributed by atoms with E-state index in [1.807, 2.05) is 27.7 Å². The summed E-state index contributed by atoms with van der Waals surface area (Å²) >= 11 is 0. The molecule has 5 aliphatic rings. The molecular formula is C35H51FN8O4S. The first-order valence-electron chi connectivity index (χ1n) is 18.0. The highest BCUT2D eigenvalue weighted by Gasteiger charge is 2.48. The molecule has 1 amide bonds. The number of carbonyl (C=O) groups excluding carboxylic acids is 1. The molecule has 268 valence electrons. The Bertz CT molecular complexity index is 1610. The van der Waals surface area contributed by atoms with Gasteiger partial charge in [-0.25, -0.2) is 14.4 Å². The lowest BCUT2D eigenvalue weighted by Gasteiger charge is -2.54. The summed E-state index contributed by atoms with van der Waals surface area (Å²) in [6.07, 6.45) is 8.09. The Morgan fingerprint density at radius 2 is 1.69 bits per heavy atom. The number of nitrogens with one attached hydrogen (secondary N) is 1. The van der Waals surface area contributed by atoms with Gasteiger partial charge in [-0.2, -0.15) is 17.0 Å². The molecule has 7 rings (SSSR count). The predicted molar refractivity (Wildman–Crippen MR) is 185 cm³/mol. The molecule has 12 nitrogen and oxygen atoms in total. The molecule has 2 unspecified atom stereocenters. The Labute approximate surface area is 290 Å². The van der Waals surface area contributed by atoms with Gasteiger partial charge in [-0.1, -0.05) is 0 Å². The van der Waals surface area contributed by atoms with Crippen molar-refractivity contribution in [2.45, 2.75) is 84.0 Å². The molecule has 1 aromatic carbocycles. The maximum atomic E-state index is 14.4. The molecular weight excluding hydrogens is 648 g/mol. The third-order valence-electron chi connectivity index (χ3n) is 11.2. The topological polar surface area (TPSA) is 114 Å². The number of anilines is 1. The number of piperidine rings is 1. The second kappa shape index (κ2) is 13.7. The molecule has 49 heavy (non-hydrogen) atoms. The van der Waals surface area contributed by atoms with Crippen molar-refractivity contribution >= 4 is 21.9 Å². The van der Waals surface area contributed by atoms with Gasteiger partial charge in [0, 0.05) is 83.1 Å². The van der Waals surface area contributed by atoms with Crippen LogP contribution >= 0.6 is 0 Å². The summed E-state index contributed by atoms with van der Waals surface area (Å²) < 4.78 is 51.0. The number of hydrogen-bond donors (Lipinski definition) is 1. The molecule has 2 bridgehead atoms. The van der Waals surface area contributed by atoms with Crippen molar-refractivity contribution in [1.82, 2.24) is 33.7 Å². The predicted octanol–water partition coefficient (Wildman–Crippen LogP) is 3.57. The van der Waals surface area contributed by atoms with Gasteiger partial charge in [0.15, 0.2) is 11.6 Å². The Balaban J connectivity index is 0.936. The summed E-state index contributed by atoms with van der Waals surface area (Å²) in [5.41, 5.74) is 0.383. The first-order chi connectivity index (χ1) is 23.4. The lowest BCUT2D eigenvalue weighted by atomic mass is 9.72. The van der Waals surface area contributed by atoms with Crippen LogP contribution in [0.15, 0.2) is 30.7 Å². The van der Waals surface area contributed by atoms with Crippen molar-refractivity contribution in [2.24, 2.45) is 11.3 Å². The molecule has 6 heterocycles. The monoisotopic (exact) mass is 698 g/mol. The highest BCUT2D eigenvalue weighted by Crippen LogP contribution is 2.43. The van der Waals surface area contributed by atoms with Crippen LogP contribution in [0.3, 0.4) is 0 Å². The fraction of sp³-hybridized carbons (Fsp3) is 0.686. The van der Waals surface area contributed by atoms with Crippen LogP contribution in [0, 0.1) is 17.2 Å². The van der Waals surface area contributed by atoms with Crippen LogP contribution in [0.5, 0.6) is 11.5 Å². The van der Waals surface area contributed by atoms with Crippen LogP contribution in [0.25, 0.3) is 0 Å². The highest BCUT2D eigenvalue weighted by molar-refractivity contribution is 7.86. The number of aromatic nitrogens is 2. The summed E-state index contributed by atoms with van der Waals surface area (Å²) in [5, 5.41) is 3.53. The number of amides is 1. The fourth-order valence-corrected chi connectivity index (χ4v) is 10.6. The van der Waals surface area contributed by atoms with Gasteiger partial charge < -0.3 is 24.8 Å². The second-order valence-corrected chi connectivity index (χ2v) is 17.4. The Kier molecular flexibility index (Phi) is 9.63. The molecule has 0 saturated carbocycles. The average molecular weight is 699 g/mol. The lowest BCUT2D eigenvalue weighted by molar-refractivity contribution is -0.0413. The van der Waals surface area contributed by atoms with Crippen molar-refractivity contribution in [3.05, 3.63) is 42.1 Å². The molecule has 1 spiro atoms. The Hall–Kier alpha value is -2.91. The van der Waals surface area contributed by atoms with E-state index in [1.54, 1.807) is 19.7 Å². The largest absolute Gasteiger partial charge is 0.451 e. The summed E-state index contributed by atoms with van der Waals surface area (Å²) in [7, 11) is -3.40. The zero-order valence-electron chi connectivity index (χ0n) is 29.2. The third kappa shape index (κ3) is 7.03. The maximum Gasteiger partial charge on any atom is 0.282 e. The van der Waals surface area contributed by atoms with E-state index in [2.05, 4.69) is 25.1 Å². The van der Waals surface area contributed by atoms with Crippen molar-refractivity contribution in [2.75, 3.05) is 63.8 Å². The zero-order chi connectivity index (χ0) is 34.5. The van der Waals surface area contributed by atoms with Crippen molar-refractivity contribution in [3.63, 3.8) is 0 Å². The van der Waals surface area contributed by atoms with Crippen LogP contribution in [-0.2, 0) is 10.2 Å². The number of likely N-dealkylation sites (tertiary alicyclic amines) is 1. The van der Waals surface area contributed by atoms with Crippen molar-refractivity contribution in [1.29, 1.82) is 0 Å². The fourth-order valence-electron chi connectivity index (χ4n) is 8.89. The number of piperazine rings is 1. The summed E-state index contributed by atoms with van der Waals surface area (Å²) in [4.78, 5) is 28.8. The Morgan fingerprint density at radius 3 is 2.37 bits per heavy atom. The molecule has 0 aliphatic carbocycles. The summed E-state index contributed by atoms with van der Waals surface area (Å²) in [6.45, 7) is 14.8. The minimum Gasteiger partial charge on any atom is -0.451 e. The van der Waals surface area contributed by atoms with E-state index in [1.165, 1.54) is 24.5 Å². The van der Waals surface area contributed by atoms with E-state index >= 15 is 0 Å². The summed E-state index contributed by atoms with van der Waals surface area (Å²) in [5.74, 6) is 1.04. The van der Waals surface area contributed by atoms with Crippen molar-refractivity contribution in [3.8, 4) is 11.5 Å². The average Bonchev–Trinajstić information content (AvgIpc) is 3.66. The number of nitrogens with zero attached hydrogens (tertiary/aromatic N) is 7. The summed E-state index contributed by atoms with van der Waals surface area (Å²) in [6, 6.07) is 4.51. The highest BCUT2D eigenvalue weighted by atomic mass is 32.2. The van der Waals surface area contributed by atoms with Gasteiger partial charge in [-0.15, -0.1) is 0 Å². The number of fused-ring (bicyclic) bond motifs is 2. The standard InChI is InChI=1S/C35H51FN8O4S/c1-24(2)44(25(3)4)34(45)30-15-27(36)5-8-31(30)48-32-16-37-23-38-33(32)41-12-9-26(18-41)17-40-21-35(22-40)10-13-42(14-11-35)49(46,47)43-19-28-6-7-29(20-43)39-28/h5,8,15-16,23-26,28-29,39H,6-7,9-14,17-22H2,1-4H3/t26-,28?,29?/m0/s1. The van der Waals surface area contributed by atoms with Gasteiger partial charge in [-0.05, 0) is 89.3 Å². The third-order valence-corrected chi connectivity index (χ3v) is 13.2. The number of benzene rings is 1. The normalized spacial score (nSPS) is 26.1. The van der Waals surface area contributed by atoms with E-state index in [-0.39, 0.29) is 34.7 Å². The minimum absolute atomic E-state index is 0.0662. The van der Waals surface area contributed by atoms with Crippen LogP contribution in [0.2, 0.25) is 0 Å². The number of ether oxygens (including phenoxy) is 1. The number of carbonyl (C=O) groups is 1. The van der Waals surface area contributed by atoms with Crippen LogP contribution < -0.4 is 15.0 Å². The molecule has 14 heteroatoms. The van der Waals surface area contributed by atoms with Gasteiger partial charge in [0.25, 0.3) is 16.1 Å². The molecule has 0 radical (unpaired) electrons. The first-order valence-corrected chi connectivity index (χ1v) is 19.4. The smallest absolute Gasteiger partial charge is 0.282 e. The molecule has 5 aliphatic heterocycles. The molecule has 1 aromatic heterocycles. The van der Waals surface area contributed by atoms with Gasteiger partial charge in [0.05, 0.1) is 11.8 Å². The van der Waals surface area contributed by atoms with E-state index in [4.69, 9.17) is 4.74 Å². The van der Waals surface area contributed by atoms with Crippen LogP contribution in [-0.4, -0.2) is 126 Å². The van der Waals surface area contributed by atoms with Gasteiger partial charge >= 0.3 is 0 Å². The SMILES string of the molecule is CC(C)N(C(=O)c1cc(F)ccc1Oc1cncnc1N1CC[C@@H](CN2CC3(CCN(S(=O)(=O)N4CC5CCC(C4)N5)CC3)C2)C1)C(C)C. The van der Waals surface area contributed by atoms with E-state index in [0.29, 0.717) is 55.7 Å². The van der Waals surface area contributed by atoms with Crippen molar-refractivity contribution < 1.29 is 22.3 Å². The van der Waals surface area contributed by atoms with E-state index in [0.717, 1.165) is 64.8 Å². The molecule has 2 aromatic rings. The zero-order valence-corrected chi connectivity index (χ0v) is 30.0.